The molecule has 6 rings (SSSR count). The zero-order chi connectivity index (χ0) is 28.3. The van der Waals surface area contributed by atoms with Crippen molar-refractivity contribution < 1.29 is 9.47 Å². The molecule has 0 saturated heterocycles. The maximum Gasteiger partial charge on any atom is 0.118 e. The van der Waals surface area contributed by atoms with E-state index in [1.807, 2.05) is 47.8 Å². The number of thioether (sulfide) groups is 2. The lowest BCUT2D eigenvalue weighted by Crippen LogP contribution is -2.27. The van der Waals surface area contributed by atoms with E-state index in [1.165, 1.54) is 48.4 Å². The average molecular weight is 579 g/mol. The molecule has 0 spiro atoms. The van der Waals surface area contributed by atoms with Crippen LogP contribution in [0.15, 0.2) is 118 Å². The van der Waals surface area contributed by atoms with Crippen LogP contribution in [0.1, 0.15) is 13.8 Å². The van der Waals surface area contributed by atoms with Crippen LogP contribution < -0.4 is 19.3 Å². The zero-order valence-corrected chi connectivity index (χ0v) is 25.5. The Hall–Kier alpha value is -3.74. The minimum atomic E-state index is 0.267. The Labute approximate surface area is 251 Å². The number of likely N-dealkylation sites (N-methyl/N-ethyl adjacent to an activating group) is 1. The molecule has 1 unspecified atom stereocenters. The van der Waals surface area contributed by atoms with Gasteiger partial charge in [-0.05, 0) is 90.7 Å². The molecule has 0 aromatic heterocycles. The Kier molecular flexibility index (Phi) is 8.04. The van der Waals surface area contributed by atoms with Crippen LogP contribution in [-0.2, 0) is 0 Å². The van der Waals surface area contributed by atoms with Crippen LogP contribution in [-0.4, -0.2) is 32.7 Å². The average Bonchev–Trinajstić information content (AvgIpc) is 3.56. The van der Waals surface area contributed by atoms with Gasteiger partial charge in [-0.1, -0.05) is 72.1 Å². The highest BCUT2D eigenvalue weighted by Gasteiger charge is 2.28. The molecular weight excluding hydrogens is 545 g/mol. The van der Waals surface area contributed by atoms with Crippen molar-refractivity contribution in [2.45, 2.75) is 29.0 Å². The third-order valence-electron chi connectivity index (χ3n) is 7.57. The summed E-state index contributed by atoms with van der Waals surface area (Å²) in [6.45, 7) is 6.34. The van der Waals surface area contributed by atoms with Gasteiger partial charge < -0.3 is 19.3 Å². The summed E-state index contributed by atoms with van der Waals surface area (Å²) in [5.41, 5.74) is 7.43. The maximum atomic E-state index is 5.33. The first kappa shape index (κ1) is 27.4. The zero-order valence-electron chi connectivity index (χ0n) is 23.8. The summed E-state index contributed by atoms with van der Waals surface area (Å²) in [5, 5.41) is 1.53. The van der Waals surface area contributed by atoms with E-state index in [-0.39, 0.29) is 5.37 Å². The van der Waals surface area contributed by atoms with Gasteiger partial charge in [0.25, 0.3) is 0 Å². The first-order valence-electron chi connectivity index (χ1n) is 14.0. The number of hydrogen-bond acceptors (Lipinski definition) is 6. The lowest BCUT2D eigenvalue weighted by molar-refractivity contribution is 0.415. The summed E-state index contributed by atoms with van der Waals surface area (Å²) in [6.07, 6.45) is 6.83. The second kappa shape index (κ2) is 12.0. The summed E-state index contributed by atoms with van der Waals surface area (Å²) < 4.78 is 10.7. The molecule has 208 valence electrons. The Bertz CT molecular complexity index is 1600. The predicted octanol–water partition coefficient (Wildman–Crippen LogP) is 9.33. The number of rotatable bonds is 8. The van der Waals surface area contributed by atoms with E-state index in [9.17, 15) is 0 Å². The van der Waals surface area contributed by atoms with Gasteiger partial charge in [0.15, 0.2) is 0 Å². The number of hydrogen-bond donors (Lipinski definition) is 0. The summed E-state index contributed by atoms with van der Waals surface area (Å²) in [5.74, 6) is 1.75. The molecule has 0 N–H and O–H groups in total. The van der Waals surface area contributed by atoms with Crippen molar-refractivity contribution >= 4 is 34.9 Å². The van der Waals surface area contributed by atoms with E-state index in [4.69, 9.17) is 9.47 Å². The molecule has 0 saturated carbocycles. The molecule has 0 bridgehead atoms. The summed E-state index contributed by atoms with van der Waals surface area (Å²) in [7, 11) is 3.40. The first-order valence-corrected chi connectivity index (χ1v) is 15.7. The fraction of sp³-hybridized carbons (Fsp3) is 0.200. The Morgan fingerprint density at radius 2 is 1.24 bits per heavy atom. The summed E-state index contributed by atoms with van der Waals surface area (Å²) in [6, 6.07) is 30.1. The highest BCUT2D eigenvalue weighted by atomic mass is 32.2. The molecule has 0 fully saturated rings. The molecule has 4 aromatic rings. The van der Waals surface area contributed by atoms with Gasteiger partial charge in [0.05, 0.1) is 36.0 Å². The van der Waals surface area contributed by atoms with Crippen molar-refractivity contribution in [3.05, 3.63) is 108 Å². The molecule has 2 heterocycles. The monoisotopic (exact) mass is 578 g/mol. The van der Waals surface area contributed by atoms with Crippen LogP contribution in [0.5, 0.6) is 11.5 Å². The third kappa shape index (κ3) is 5.46. The van der Waals surface area contributed by atoms with Crippen LogP contribution >= 0.6 is 23.5 Å². The molecule has 0 amide bonds. The number of benzene rings is 4. The predicted molar refractivity (Wildman–Crippen MR) is 176 cm³/mol. The first-order chi connectivity index (χ1) is 20.1. The lowest BCUT2D eigenvalue weighted by atomic mass is 10.0. The van der Waals surface area contributed by atoms with E-state index in [0.717, 1.165) is 24.6 Å². The van der Waals surface area contributed by atoms with E-state index in [1.54, 1.807) is 14.2 Å². The molecule has 6 heteroatoms. The van der Waals surface area contributed by atoms with E-state index >= 15 is 0 Å². The fourth-order valence-corrected chi connectivity index (χ4v) is 7.88. The van der Waals surface area contributed by atoms with Crippen molar-refractivity contribution in [2.75, 3.05) is 37.1 Å². The minimum absolute atomic E-state index is 0.267. The minimum Gasteiger partial charge on any atom is -0.497 e. The van der Waals surface area contributed by atoms with Crippen LogP contribution in [0.4, 0.5) is 11.4 Å². The molecule has 41 heavy (non-hydrogen) atoms. The molecular formula is C35H34N2O2S2. The van der Waals surface area contributed by atoms with E-state index in [2.05, 4.69) is 103 Å². The second-order valence-corrected chi connectivity index (χ2v) is 12.1. The van der Waals surface area contributed by atoms with Crippen LogP contribution in [0.3, 0.4) is 0 Å². The Balaban J connectivity index is 1.19. The van der Waals surface area contributed by atoms with Crippen molar-refractivity contribution in [3.8, 4) is 33.8 Å². The normalized spacial score (nSPS) is 16.9. The van der Waals surface area contributed by atoms with Crippen molar-refractivity contribution in [1.29, 1.82) is 0 Å². The molecule has 2 aliphatic rings. The lowest BCUT2D eigenvalue weighted by Gasteiger charge is -2.22. The van der Waals surface area contributed by atoms with Gasteiger partial charge in [0.1, 0.15) is 11.5 Å². The van der Waals surface area contributed by atoms with E-state index < -0.39 is 0 Å². The molecule has 4 nitrogen and oxygen atoms in total. The van der Waals surface area contributed by atoms with Gasteiger partial charge in [0, 0.05) is 22.9 Å². The highest BCUT2D eigenvalue weighted by molar-refractivity contribution is 8.03. The van der Waals surface area contributed by atoms with Gasteiger partial charge in [0.2, 0.25) is 0 Å². The van der Waals surface area contributed by atoms with Gasteiger partial charge in [-0.2, -0.15) is 0 Å². The van der Waals surface area contributed by atoms with Crippen molar-refractivity contribution in [3.63, 3.8) is 0 Å². The largest absolute Gasteiger partial charge is 0.497 e. The second-order valence-electron chi connectivity index (χ2n) is 9.85. The molecule has 4 aromatic carbocycles. The molecule has 0 radical (unpaired) electrons. The third-order valence-corrected chi connectivity index (χ3v) is 9.92. The number of anilines is 2. The Morgan fingerprint density at radius 3 is 1.80 bits per heavy atom. The Morgan fingerprint density at radius 1 is 0.683 bits per heavy atom. The van der Waals surface area contributed by atoms with Crippen molar-refractivity contribution in [1.82, 2.24) is 0 Å². The smallest absolute Gasteiger partial charge is 0.118 e. The van der Waals surface area contributed by atoms with Gasteiger partial charge in [-0.15, -0.1) is 0 Å². The fourth-order valence-electron chi connectivity index (χ4n) is 5.38. The summed E-state index contributed by atoms with van der Waals surface area (Å²) >= 11 is 3.77. The molecule has 2 aliphatic heterocycles. The highest BCUT2D eigenvalue weighted by Crippen LogP contribution is 2.48. The quantitative estimate of drug-likeness (QED) is 0.207. The van der Waals surface area contributed by atoms with Gasteiger partial charge in [-0.25, -0.2) is 0 Å². The van der Waals surface area contributed by atoms with Gasteiger partial charge >= 0.3 is 0 Å². The van der Waals surface area contributed by atoms with Crippen molar-refractivity contribution in [2.24, 2.45) is 0 Å². The van der Waals surface area contributed by atoms with Crippen LogP contribution in [0, 0.1) is 0 Å². The van der Waals surface area contributed by atoms with Crippen LogP contribution in [0.2, 0.25) is 0 Å². The van der Waals surface area contributed by atoms with Gasteiger partial charge in [-0.3, -0.25) is 0 Å². The SMILES string of the molecule is CCN1/C(=C/C=C/C2Sc3cc(-c4ccc(OC)cc4)ccc3N2CC)Sc2cc(-c3ccc(OC)cc3)ccc21. The summed E-state index contributed by atoms with van der Waals surface area (Å²) in [4.78, 5) is 7.49. The number of fused-ring (bicyclic) bond motifs is 2. The topological polar surface area (TPSA) is 24.9 Å². The number of nitrogens with zero attached hydrogens (tertiary/aromatic N) is 2. The molecule has 0 aliphatic carbocycles. The standard InChI is InChI=1S/C35H34N2O2S2/c1-5-36-30-20-14-26(24-10-16-28(38-3)17-11-24)22-32(30)40-34(36)8-7-9-35-37(6-2)31-21-15-27(23-33(31)41-35)25-12-18-29(39-4)19-13-25/h7-23,34H,5-6H2,1-4H3/b8-7+,35-9-. The number of ether oxygens (including phenoxy) is 2. The molecule has 1 atom stereocenters. The van der Waals surface area contributed by atoms with Crippen LogP contribution in [0.25, 0.3) is 22.3 Å². The number of allylic oxidation sites excluding steroid dienone is 2. The maximum absolute atomic E-state index is 5.33. The van der Waals surface area contributed by atoms with E-state index in [0.29, 0.717) is 0 Å². The number of methoxy groups -OCH3 is 2.